The summed E-state index contributed by atoms with van der Waals surface area (Å²) in [6, 6.07) is 0. The topological polar surface area (TPSA) is 63.6 Å². The minimum absolute atomic E-state index is 0.0177. The molecule has 0 radical (unpaired) electrons. The predicted octanol–water partition coefficient (Wildman–Crippen LogP) is 7.83. The minimum Gasteiger partial charge on any atom is -0.481 e. The molecule has 0 aliphatic heterocycles. The highest BCUT2D eigenvalue weighted by molar-refractivity contribution is 5.69. The van der Waals surface area contributed by atoms with Crippen LogP contribution in [0.25, 0.3) is 0 Å². The number of hydrogen-bond donors (Lipinski definition) is 1. The number of aliphatic carboxylic acids is 1. The Bertz CT molecular complexity index is 368. The Balaban J connectivity index is 3.15. The third kappa shape index (κ3) is 24.9. The van der Waals surface area contributed by atoms with Gasteiger partial charge in [0.1, 0.15) is 0 Å². The second-order valence-corrected chi connectivity index (χ2v) is 8.48. The first-order valence-corrected chi connectivity index (χ1v) is 12.5. The number of carboxylic acid groups (broad SMARTS) is 1. The highest BCUT2D eigenvalue weighted by Gasteiger charge is 2.02. The maximum absolute atomic E-state index is 11.7. The fraction of sp³-hybridized carbons (Fsp3) is 0.920. The molecule has 29 heavy (non-hydrogen) atoms. The predicted molar refractivity (Wildman–Crippen MR) is 121 cm³/mol. The van der Waals surface area contributed by atoms with Gasteiger partial charge in [0.05, 0.1) is 6.61 Å². The van der Waals surface area contributed by atoms with Crippen molar-refractivity contribution in [3.05, 3.63) is 0 Å². The first-order chi connectivity index (χ1) is 14.2. The Morgan fingerprint density at radius 3 is 1.38 bits per heavy atom. The Morgan fingerprint density at radius 1 is 0.552 bits per heavy atom. The molecule has 0 fully saturated rings. The monoisotopic (exact) mass is 412 g/mol. The van der Waals surface area contributed by atoms with Gasteiger partial charge in [0, 0.05) is 12.8 Å². The van der Waals surface area contributed by atoms with Gasteiger partial charge in [-0.3, -0.25) is 9.59 Å². The van der Waals surface area contributed by atoms with Gasteiger partial charge in [0.2, 0.25) is 0 Å². The molecule has 0 aliphatic carbocycles. The van der Waals surface area contributed by atoms with Crippen LogP contribution in [0, 0.1) is 0 Å². The van der Waals surface area contributed by atoms with Crippen molar-refractivity contribution < 1.29 is 19.4 Å². The number of hydrogen-bond acceptors (Lipinski definition) is 3. The zero-order chi connectivity index (χ0) is 21.4. The van der Waals surface area contributed by atoms with Gasteiger partial charge in [0.15, 0.2) is 0 Å². The van der Waals surface area contributed by atoms with Crippen molar-refractivity contribution in [3.8, 4) is 0 Å². The molecule has 0 atom stereocenters. The number of carbonyl (C=O) groups excluding carboxylic acids is 1. The Hall–Kier alpha value is -1.06. The molecule has 4 heteroatoms. The van der Waals surface area contributed by atoms with Crippen molar-refractivity contribution in [2.24, 2.45) is 0 Å². The molecule has 0 bridgehead atoms. The zero-order valence-corrected chi connectivity index (χ0v) is 19.2. The van der Waals surface area contributed by atoms with Crippen LogP contribution in [0.15, 0.2) is 0 Å². The van der Waals surface area contributed by atoms with Crippen LogP contribution in [0.1, 0.15) is 142 Å². The number of carbonyl (C=O) groups is 2. The second-order valence-electron chi connectivity index (χ2n) is 8.48. The average molecular weight is 413 g/mol. The molecular weight excluding hydrogens is 364 g/mol. The van der Waals surface area contributed by atoms with Crippen LogP contribution < -0.4 is 0 Å². The summed E-state index contributed by atoms with van der Waals surface area (Å²) in [5.74, 6) is -0.699. The maximum Gasteiger partial charge on any atom is 0.305 e. The first kappa shape index (κ1) is 27.9. The van der Waals surface area contributed by atoms with E-state index < -0.39 is 5.97 Å². The molecule has 0 aliphatic rings. The Labute approximate surface area is 180 Å². The summed E-state index contributed by atoms with van der Waals surface area (Å²) in [5, 5.41) is 8.57. The molecular formula is C25H48O4. The Kier molecular flexibility index (Phi) is 22.4. The molecule has 0 heterocycles. The standard InChI is InChI=1S/C25H48O4/c1-2-3-4-5-6-9-13-16-19-22-25(28)29-23-20-17-14-11-8-7-10-12-15-18-21-24(26)27/h2-23H2,1H3,(H,26,27). The van der Waals surface area contributed by atoms with E-state index in [-0.39, 0.29) is 5.97 Å². The van der Waals surface area contributed by atoms with E-state index in [2.05, 4.69) is 6.92 Å². The molecule has 1 N–H and O–H groups in total. The van der Waals surface area contributed by atoms with Gasteiger partial charge in [-0.15, -0.1) is 0 Å². The minimum atomic E-state index is -0.681. The highest BCUT2D eigenvalue weighted by Crippen LogP contribution is 2.12. The number of rotatable bonds is 23. The molecule has 0 saturated carbocycles. The van der Waals surface area contributed by atoms with Crippen LogP contribution >= 0.6 is 0 Å². The van der Waals surface area contributed by atoms with Crippen molar-refractivity contribution in [1.29, 1.82) is 0 Å². The summed E-state index contributed by atoms with van der Waals surface area (Å²) < 4.78 is 5.33. The first-order valence-electron chi connectivity index (χ1n) is 12.5. The largest absolute Gasteiger partial charge is 0.481 e. The third-order valence-electron chi connectivity index (χ3n) is 5.53. The lowest BCUT2D eigenvalue weighted by Gasteiger charge is -2.05. The van der Waals surface area contributed by atoms with Crippen molar-refractivity contribution in [1.82, 2.24) is 0 Å². The van der Waals surface area contributed by atoms with Gasteiger partial charge in [-0.1, -0.05) is 110 Å². The number of ether oxygens (including phenoxy) is 1. The van der Waals surface area contributed by atoms with Gasteiger partial charge in [-0.2, -0.15) is 0 Å². The summed E-state index contributed by atoms with van der Waals surface area (Å²) in [7, 11) is 0. The van der Waals surface area contributed by atoms with Gasteiger partial charge in [-0.05, 0) is 19.3 Å². The smallest absolute Gasteiger partial charge is 0.305 e. The van der Waals surface area contributed by atoms with Crippen LogP contribution in [-0.4, -0.2) is 23.7 Å². The van der Waals surface area contributed by atoms with Crippen LogP contribution in [0.2, 0.25) is 0 Å². The molecule has 0 aromatic rings. The number of carboxylic acids is 1. The molecule has 0 amide bonds. The zero-order valence-electron chi connectivity index (χ0n) is 19.2. The van der Waals surface area contributed by atoms with Gasteiger partial charge in [0.25, 0.3) is 0 Å². The van der Waals surface area contributed by atoms with E-state index in [0.717, 1.165) is 44.9 Å². The fourth-order valence-corrected chi connectivity index (χ4v) is 3.63. The quantitative estimate of drug-likeness (QED) is 0.137. The van der Waals surface area contributed by atoms with Crippen LogP contribution in [-0.2, 0) is 14.3 Å². The molecule has 0 aromatic carbocycles. The lowest BCUT2D eigenvalue weighted by molar-refractivity contribution is -0.144. The summed E-state index contributed by atoms with van der Waals surface area (Å²) >= 11 is 0. The van der Waals surface area contributed by atoms with Gasteiger partial charge < -0.3 is 9.84 Å². The molecule has 0 saturated heterocycles. The number of esters is 1. The summed E-state index contributed by atoms with van der Waals surface area (Å²) in [6.07, 6.45) is 23.7. The van der Waals surface area contributed by atoms with E-state index in [1.165, 1.54) is 77.0 Å². The highest BCUT2D eigenvalue weighted by atomic mass is 16.5. The lowest BCUT2D eigenvalue weighted by Crippen LogP contribution is -2.05. The van der Waals surface area contributed by atoms with E-state index in [1.54, 1.807) is 0 Å². The fourth-order valence-electron chi connectivity index (χ4n) is 3.63. The molecule has 4 nitrogen and oxygen atoms in total. The van der Waals surface area contributed by atoms with E-state index >= 15 is 0 Å². The van der Waals surface area contributed by atoms with E-state index in [0.29, 0.717) is 19.4 Å². The second kappa shape index (κ2) is 23.2. The van der Waals surface area contributed by atoms with Crippen LogP contribution in [0.4, 0.5) is 0 Å². The maximum atomic E-state index is 11.7. The van der Waals surface area contributed by atoms with Crippen molar-refractivity contribution in [2.75, 3.05) is 6.61 Å². The van der Waals surface area contributed by atoms with Gasteiger partial charge in [-0.25, -0.2) is 0 Å². The molecule has 0 spiro atoms. The van der Waals surface area contributed by atoms with Crippen molar-refractivity contribution in [3.63, 3.8) is 0 Å². The molecule has 0 unspecified atom stereocenters. The summed E-state index contributed by atoms with van der Waals surface area (Å²) in [6.45, 7) is 2.83. The van der Waals surface area contributed by atoms with Crippen LogP contribution in [0.5, 0.6) is 0 Å². The summed E-state index contributed by atoms with van der Waals surface area (Å²) in [5.41, 5.74) is 0. The number of unbranched alkanes of at least 4 members (excludes halogenated alkanes) is 17. The normalized spacial score (nSPS) is 10.9. The molecule has 172 valence electrons. The third-order valence-corrected chi connectivity index (χ3v) is 5.53. The lowest BCUT2D eigenvalue weighted by atomic mass is 10.1. The SMILES string of the molecule is CCCCCCCCCCCC(=O)OCCCCCCCCCCCCC(=O)O. The van der Waals surface area contributed by atoms with E-state index in [1.807, 2.05) is 0 Å². The van der Waals surface area contributed by atoms with E-state index in [9.17, 15) is 9.59 Å². The Morgan fingerprint density at radius 2 is 0.931 bits per heavy atom. The van der Waals surface area contributed by atoms with Crippen molar-refractivity contribution in [2.45, 2.75) is 142 Å². The van der Waals surface area contributed by atoms with E-state index in [4.69, 9.17) is 9.84 Å². The molecule has 0 aromatic heterocycles. The van der Waals surface area contributed by atoms with Crippen LogP contribution in [0.3, 0.4) is 0 Å². The average Bonchev–Trinajstić information content (AvgIpc) is 2.70. The summed E-state index contributed by atoms with van der Waals surface area (Å²) in [4.78, 5) is 22.1. The van der Waals surface area contributed by atoms with Gasteiger partial charge >= 0.3 is 11.9 Å². The van der Waals surface area contributed by atoms with Crippen molar-refractivity contribution >= 4 is 11.9 Å². The molecule has 0 rings (SSSR count).